The first-order valence-corrected chi connectivity index (χ1v) is 10.1. The highest BCUT2D eigenvalue weighted by molar-refractivity contribution is 5.82. The maximum Gasteiger partial charge on any atom is 0.299 e. The normalized spacial score (nSPS) is 27.8. The molecule has 0 saturated carbocycles. The number of hydrogen-bond donors (Lipinski definition) is 1. The molecule has 10 heteroatoms. The molecule has 3 saturated heterocycles. The van der Waals surface area contributed by atoms with Crippen molar-refractivity contribution in [1.82, 2.24) is 25.1 Å². The van der Waals surface area contributed by atoms with Gasteiger partial charge in [-0.05, 0) is 18.6 Å². The molecule has 0 bridgehead atoms. The number of rotatable bonds is 3. The Bertz CT molecular complexity index is 865. The highest BCUT2D eigenvalue weighted by atomic mass is 19.3. The number of aromatic nitrogens is 2. The summed E-state index contributed by atoms with van der Waals surface area (Å²) in [4.78, 5) is 27.0. The van der Waals surface area contributed by atoms with Crippen LogP contribution in [-0.4, -0.2) is 89.5 Å². The Morgan fingerprint density at radius 1 is 1.24 bits per heavy atom. The number of nitrogens with one attached hydrogen (secondary N) is 1. The van der Waals surface area contributed by atoms with Gasteiger partial charge in [0.25, 0.3) is 11.9 Å². The molecule has 3 aliphatic heterocycles. The molecular weight excluding hydrogens is 382 g/mol. The molecule has 1 N–H and O–H groups in total. The van der Waals surface area contributed by atoms with Crippen LogP contribution in [0.2, 0.25) is 0 Å². The van der Waals surface area contributed by atoms with E-state index in [1.807, 2.05) is 12.1 Å². The highest BCUT2D eigenvalue weighted by Crippen LogP contribution is 2.28. The van der Waals surface area contributed by atoms with Crippen molar-refractivity contribution in [3.8, 4) is 0 Å². The molecule has 0 spiro atoms. The Labute approximate surface area is 166 Å². The Morgan fingerprint density at radius 3 is 2.79 bits per heavy atom. The number of likely N-dealkylation sites (tertiary alicyclic amines) is 1. The number of nitrogens with zero attached hydrogens (tertiary/aromatic N) is 5. The average molecular weight is 406 g/mol. The summed E-state index contributed by atoms with van der Waals surface area (Å²) in [6, 6.07) is 4.17. The third kappa shape index (κ3) is 3.66. The molecule has 156 valence electrons. The van der Waals surface area contributed by atoms with Gasteiger partial charge in [-0.3, -0.25) is 9.69 Å². The molecule has 0 unspecified atom stereocenters. The number of alkyl halides is 2. The summed E-state index contributed by atoms with van der Waals surface area (Å²) in [5.74, 6) is -2.94. The number of oxazole rings is 1. The van der Waals surface area contributed by atoms with Crippen LogP contribution in [0.5, 0.6) is 0 Å². The fourth-order valence-electron chi connectivity index (χ4n) is 4.50. The number of carbonyl (C=O) groups excluding carboxylic acids is 1. The van der Waals surface area contributed by atoms with E-state index in [0.717, 1.165) is 31.7 Å². The quantitative estimate of drug-likeness (QED) is 0.813. The van der Waals surface area contributed by atoms with Crippen LogP contribution in [0.15, 0.2) is 22.7 Å². The van der Waals surface area contributed by atoms with Crippen LogP contribution in [0.1, 0.15) is 12.8 Å². The maximum absolute atomic E-state index is 13.4. The van der Waals surface area contributed by atoms with Crippen LogP contribution in [0, 0.1) is 0 Å². The topological polar surface area (TPSA) is 77.7 Å². The first kappa shape index (κ1) is 18.7. The Balaban J connectivity index is 1.15. The number of fused-ring (bicyclic) bond motifs is 1. The molecule has 3 fully saturated rings. The number of anilines is 1. The molecule has 0 aliphatic carbocycles. The predicted molar refractivity (Wildman–Crippen MR) is 102 cm³/mol. The van der Waals surface area contributed by atoms with Crippen LogP contribution < -0.4 is 10.2 Å². The van der Waals surface area contributed by atoms with Gasteiger partial charge in [0.05, 0.1) is 12.6 Å². The van der Waals surface area contributed by atoms with Crippen molar-refractivity contribution in [3.63, 3.8) is 0 Å². The molecule has 3 aliphatic rings. The fourth-order valence-corrected chi connectivity index (χ4v) is 4.50. The van der Waals surface area contributed by atoms with Gasteiger partial charge in [0.1, 0.15) is 5.52 Å². The maximum atomic E-state index is 13.4. The van der Waals surface area contributed by atoms with E-state index in [1.54, 1.807) is 6.20 Å². The molecule has 0 radical (unpaired) electrons. The molecule has 2 aromatic rings. The molecular formula is C19H24F2N6O2. The lowest BCUT2D eigenvalue weighted by molar-refractivity contribution is -0.133. The van der Waals surface area contributed by atoms with E-state index in [0.29, 0.717) is 24.7 Å². The number of pyridine rings is 1. The van der Waals surface area contributed by atoms with Gasteiger partial charge in [-0.15, -0.1) is 0 Å². The zero-order chi connectivity index (χ0) is 20.0. The van der Waals surface area contributed by atoms with Gasteiger partial charge in [0.15, 0.2) is 0 Å². The van der Waals surface area contributed by atoms with Crippen molar-refractivity contribution in [2.45, 2.75) is 30.8 Å². The number of amides is 1. The van der Waals surface area contributed by atoms with Gasteiger partial charge in [-0.25, -0.2) is 13.8 Å². The fraction of sp³-hybridized carbons (Fsp3) is 0.632. The van der Waals surface area contributed by atoms with Crippen LogP contribution in [0.3, 0.4) is 0 Å². The Kier molecular flexibility index (Phi) is 4.62. The zero-order valence-electron chi connectivity index (χ0n) is 16.1. The van der Waals surface area contributed by atoms with Crippen LogP contribution in [0.4, 0.5) is 14.8 Å². The molecule has 0 aromatic carbocycles. The second kappa shape index (κ2) is 7.17. The first-order chi connectivity index (χ1) is 14.0. The lowest BCUT2D eigenvalue weighted by atomic mass is 10.1. The molecule has 8 nitrogen and oxygen atoms in total. The summed E-state index contributed by atoms with van der Waals surface area (Å²) >= 11 is 0. The van der Waals surface area contributed by atoms with Crippen molar-refractivity contribution >= 4 is 23.2 Å². The van der Waals surface area contributed by atoms with Gasteiger partial charge < -0.3 is 19.5 Å². The van der Waals surface area contributed by atoms with E-state index in [-0.39, 0.29) is 31.0 Å². The third-order valence-corrected chi connectivity index (χ3v) is 6.14. The standard InChI is InChI=1S/C19H24F2N6O2/c20-19(21)3-5-27(12-19)17(28)15-10-13(11-23-15)25-6-8-26(9-7-25)18-24-14-2-1-4-22-16(14)29-18/h1-2,4,13,15,23H,3,5-12H2/t13-,15-/m0/s1. The second-order valence-electron chi connectivity index (χ2n) is 8.06. The van der Waals surface area contributed by atoms with Crippen molar-refractivity contribution < 1.29 is 18.0 Å². The molecule has 2 atom stereocenters. The predicted octanol–water partition coefficient (Wildman–Crippen LogP) is 0.943. The summed E-state index contributed by atoms with van der Waals surface area (Å²) < 4.78 is 32.6. The zero-order valence-corrected chi connectivity index (χ0v) is 16.1. The van der Waals surface area contributed by atoms with Gasteiger partial charge in [0, 0.05) is 57.9 Å². The van der Waals surface area contributed by atoms with Crippen LogP contribution in [-0.2, 0) is 4.79 Å². The Hall–Kier alpha value is -2.33. The first-order valence-electron chi connectivity index (χ1n) is 10.1. The summed E-state index contributed by atoms with van der Waals surface area (Å²) in [5, 5.41) is 3.24. The van der Waals surface area contributed by atoms with Gasteiger partial charge in [-0.1, -0.05) is 0 Å². The van der Waals surface area contributed by atoms with E-state index >= 15 is 0 Å². The number of piperazine rings is 1. The van der Waals surface area contributed by atoms with Gasteiger partial charge in [-0.2, -0.15) is 4.98 Å². The summed E-state index contributed by atoms with van der Waals surface area (Å²) in [5.41, 5.74) is 1.29. The van der Waals surface area contributed by atoms with Gasteiger partial charge in [0.2, 0.25) is 11.6 Å². The summed E-state index contributed by atoms with van der Waals surface area (Å²) in [6.45, 7) is 3.62. The molecule has 5 heterocycles. The highest BCUT2D eigenvalue weighted by Gasteiger charge is 2.43. The lowest BCUT2D eigenvalue weighted by Gasteiger charge is -2.37. The lowest BCUT2D eigenvalue weighted by Crippen LogP contribution is -2.51. The van der Waals surface area contributed by atoms with Crippen molar-refractivity contribution in [3.05, 3.63) is 18.3 Å². The van der Waals surface area contributed by atoms with E-state index in [1.165, 1.54) is 4.90 Å². The monoisotopic (exact) mass is 406 g/mol. The van der Waals surface area contributed by atoms with Crippen LogP contribution in [0.25, 0.3) is 11.2 Å². The number of carbonyl (C=O) groups is 1. The van der Waals surface area contributed by atoms with Crippen molar-refractivity contribution in [1.29, 1.82) is 0 Å². The largest absolute Gasteiger partial charge is 0.404 e. The molecule has 5 rings (SSSR count). The Morgan fingerprint density at radius 2 is 2.07 bits per heavy atom. The average Bonchev–Trinajstić information content (AvgIpc) is 3.45. The minimum Gasteiger partial charge on any atom is -0.404 e. The SMILES string of the molecule is O=C([C@@H]1C[C@H](N2CCN(c3nc4cccnc4o3)CC2)CN1)N1CCC(F)(F)C1. The third-order valence-electron chi connectivity index (χ3n) is 6.14. The van der Waals surface area contributed by atoms with E-state index in [2.05, 4.69) is 25.1 Å². The van der Waals surface area contributed by atoms with E-state index < -0.39 is 12.5 Å². The summed E-state index contributed by atoms with van der Waals surface area (Å²) in [7, 11) is 0. The van der Waals surface area contributed by atoms with E-state index in [9.17, 15) is 13.6 Å². The van der Waals surface area contributed by atoms with E-state index in [4.69, 9.17) is 4.42 Å². The molecule has 29 heavy (non-hydrogen) atoms. The number of hydrogen-bond acceptors (Lipinski definition) is 7. The van der Waals surface area contributed by atoms with Crippen LogP contribution >= 0.6 is 0 Å². The minimum absolute atomic E-state index is 0.146. The van der Waals surface area contributed by atoms with Gasteiger partial charge >= 0.3 is 0 Å². The van der Waals surface area contributed by atoms with Crippen molar-refractivity contribution in [2.75, 3.05) is 50.7 Å². The number of halogens is 2. The summed E-state index contributed by atoms with van der Waals surface area (Å²) in [6.07, 6.45) is 2.11. The second-order valence-corrected chi connectivity index (χ2v) is 8.06. The smallest absolute Gasteiger partial charge is 0.299 e. The molecule has 1 amide bonds. The minimum atomic E-state index is -2.75. The van der Waals surface area contributed by atoms with Crippen molar-refractivity contribution in [2.24, 2.45) is 0 Å². The molecule has 2 aromatic heterocycles.